The van der Waals surface area contributed by atoms with E-state index < -0.39 is 15.9 Å². The van der Waals surface area contributed by atoms with Gasteiger partial charge in [0.05, 0.1) is 16.8 Å². The summed E-state index contributed by atoms with van der Waals surface area (Å²) in [7, 11) is -3.74. The first-order chi connectivity index (χ1) is 15.4. The molecule has 10 heteroatoms. The zero-order valence-electron chi connectivity index (χ0n) is 16.7. The van der Waals surface area contributed by atoms with Crippen LogP contribution in [0.1, 0.15) is 10.5 Å². The quantitative estimate of drug-likeness (QED) is 0.383. The molecule has 0 atom stereocenters. The normalized spacial score (nSPS) is 11.4. The van der Waals surface area contributed by atoms with Gasteiger partial charge in [0.1, 0.15) is 11.4 Å². The molecule has 0 unspecified atom stereocenters. The highest BCUT2D eigenvalue weighted by molar-refractivity contribution is 7.89. The average molecular weight is 471 g/mol. The number of hydrogen-bond donors (Lipinski definition) is 2. The van der Waals surface area contributed by atoms with E-state index in [0.717, 1.165) is 0 Å². The fraction of sp³-hybridized carbons (Fsp3) is 0.0909. The number of para-hydroxylation sites is 1. The molecule has 4 aromatic rings. The van der Waals surface area contributed by atoms with Gasteiger partial charge in [0.25, 0.3) is 5.91 Å². The van der Waals surface area contributed by atoms with Gasteiger partial charge in [0.2, 0.25) is 10.0 Å². The Labute approximate surface area is 189 Å². The van der Waals surface area contributed by atoms with Crippen molar-refractivity contribution in [3.05, 3.63) is 89.8 Å². The zero-order valence-corrected chi connectivity index (χ0v) is 18.3. The highest BCUT2D eigenvalue weighted by Crippen LogP contribution is 2.22. The monoisotopic (exact) mass is 470 g/mol. The number of rotatable bonds is 8. The molecule has 2 aromatic heterocycles. The molecule has 0 fully saturated rings. The lowest BCUT2D eigenvalue weighted by Gasteiger charge is -2.10. The Balaban J connectivity index is 1.46. The minimum atomic E-state index is -3.74. The number of amides is 1. The smallest absolute Gasteiger partial charge is 0.270 e. The van der Waals surface area contributed by atoms with Crippen molar-refractivity contribution in [1.82, 2.24) is 19.8 Å². The molecule has 2 N–H and O–H groups in total. The van der Waals surface area contributed by atoms with Gasteiger partial charge in [0, 0.05) is 24.2 Å². The van der Waals surface area contributed by atoms with E-state index in [2.05, 4.69) is 15.1 Å². The summed E-state index contributed by atoms with van der Waals surface area (Å²) in [6.45, 7) is 0.0831. The summed E-state index contributed by atoms with van der Waals surface area (Å²) < 4.78 is 34.1. The van der Waals surface area contributed by atoms with Crippen molar-refractivity contribution in [2.45, 2.75) is 4.90 Å². The van der Waals surface area contributed by atoms with E-state index in [4.69, 9.17) is 16.0 Å². The van der Waals surface area contributed by atoms with Crippen LogP contribution in [0, 0.1) is 0 Å². The van der Waals surface area contributed by atoms with Crippen LogP contribution in [0.3, 0.4) is 0 Å². The van der Waals surface area contributed by atoms with Gasteiger partial charge in [-0.3, -0.25) is 4.79 Å². The molecule has 2 heterocycles. The maximum atomic E-state index is 12.9. The topological polar surface area (TPSA) is 106 Å². The molecule has 0 aliphatic heterocycles. The molecule has 0 saturated heterocycles. The van der Waals surface area contributed by atoms with Crippen LogP contribution in [0.25, 0.3) is 17.1 Å². The Hall–Kier alpha value is -3.40. The van der Waals surface area contributed by atoms with E-state index in [0.29, 0.717) is 27.9 Å². The van der Waals surface area contributed by atoms with Crippen LogP contribution in [0.15, 0.2) is 88.4 Å². The zero-order chi connectivity index (χ0) is 22.6. The molecule has 0 bridgehead atoms. The second-order valence-corrected chi connectivity index (χ2v) is 8.95. The van der Waals surface area contributed by atoms with E-state index in [1.54, 1.807) is 30.3 Å². The fourth-order valence-corrected chi connectivity index (χ4v) is 4.36. The van der Waals surface area contributed by atoms with Crippen molar-refractivity contribution in [2.24, 2.45) is 0 Å². The van der Waals surface area contributed by atoms with Crippen LogP contribution in [-0.4, -0.2) is 37.2 Å². The van der Waals surface area contributed by atoms with Gasteiger partial charge in [-0.25, -0.2) is 17.8 Å². The Morgan fingerprint density at radius 1 is 1.00 bits per heavy atom. The number of carbonyl (C=O) groups excluding carboxylic acids is 1. The predicted molar refractivity (Wildman–Crippen MR) is 120 cm³/mol. The van der Waals surface area contributed by atoms with Crippen molar-refractivity contribution >= 4 is 27.5 Å². The first-order valence-corrected chi connectivity index (χ1v) is 11.5. The molecular weight excluding hydrogens is 452 g/mol. The van der Waals surface area contributed by atoms with Crippen LogP contribution >= 0.6 is 11.6 Å². The molecule has 0 aliphatic rings. The lowest BCUT2D eigenvalue weighted by molar-refractivity contribution is 0.0946. The lowest BCUT2D eigenvalue weighted by atomic mass is 10.2. The summed E-state index contributed by atoms with van der Waals surface area (Å²) >= 11 is 5.86. The van der Waals surface area contributed by atoms with E-state index in [1.165, 1.54) is 23.1 Å². The Morgan fingerprint density at radius 2 is 1.81 bits per heavy atom. The number of halogens is 1. The third-order valence-electron chi connectivity index (χ3n) is 4.53. The number of hydrogen-bond acceptors (Lipinski definition) is 5. The molecule has 32 heavy (non-hydrogen) atoms. The van der Waals surface area contributed by atoms with E-state index in [1.807, 2.05) is 30.3 Å². The molecule has 164 valence electrons. The Kier molecular flexibility index (Phi) is 6.40. The van der Waals surface area contributed by atoms with Gasteiger partial charge in [0.15, 0.2) is 5.76 Å². The highest BCUT2D eigenvalue weighted by Gasteiger charge is 2.19. The second kappa shape index (κ2) is 9.39. The molecule has 1 amide bonds. The summed E-state index contributed by atoms with van der Waals surface area (Å²) in [4.78, 5) is 12.9. The molecular formula is C22H19ClN4O4S. The van der Waals surface area contributed by atoms with Crippen molar-refractivity contribution in [3.8, 4) is 17.1 Å². The van der Waals surface area contributed by atoms with Crippen molar-refractivity contribution in [2.75, 3.05) is 13.1 Å². The van der Waals surface area contributed by atoms with Gasteiger partial charge in [-0.1, -0.05) is 35.9 Å². The van der Waals surface area contributed by atoms with E-state index in [9.17, 15) is 13.2 Å². The van der Waals surface area contributed by atoms with Crippen LogP contribution in [0.5, 0.6) is 0 Å². The SMILES string of the molecule is O=C(NCCNS(=O)(=O)c1cccc(Cl)c1)c1cc(-c2ccco2)nn1-c1ccccc1. The van der Waals surface area contributed by atoms with Crippen LogP contribution in [0.2, 0.25) is 5.02 Å². The standard InChI is InChI=1S/C22H19ClN4O4S/c23-16-6-4-9-18(14-16)32(29,30)25-12-11-24-22(28)20-15-19(21-10-5-13-31-21)26-27(20)17-7-2-1-3-8-17/h1-10,13-15,25H,11-12H2,(H,24,28). The number of furan rings is 1. The van der Waals surface area contributed by atoms with E-state index >= 15 is 0 Å². The summed E-state index contributed by atoms with van der Waals surface area (Å²) in [6.07, 6.45) is 1.53. The van der Waals surface area contributed by atoms with Crippen molar-refractivity contribution in [1.29, 1.82) is 0 Å². The van der Waals surface area contributed by atoms with Crippen LogP contribution < -0.4 is 10.0 Å². The Bertz CT molecular complexity index is 1320. The minimum Gasteiger partial charge on any atom is -0.463 e. The van der Waals surface area contributed by atoms with Gasteiger partial charge in [-0.15, -0.1) is 0 Å². The number of aromatic nitrogens is 2. The summed E-state index contributed by atoms with van der Waals surface area (Å²) in [6, 6.07) is 20.3. The fourth-order valence-electron chi connectivity index (χ4n) is 3.02. The molecule has 0 radical (unpaired) electrons. The summed E-state index contributed by atoms with van der Waals surface area (Å²) in [5.74, 6) is 0.129. The number of benzene rings is 2. The lowest BCUT2D eigenvalue weighted by Crippen LogP contribution is -2.35. The molecule has 0 saturated carbocycles. The van der Waals surface area contributed by atoms with Crippen molar-refractivity contribution in [3.63, 3.8) is 0 Å². The minimum absolute atomic E-state index is 0.00506. The van der Waals surface area contributed by atoms with Gasteiger partial charge >= 0.3 is 0 Å². The number of nitrogens with one attached hydrogen (secondary N) is 2. The first kappa shape index (κ1) is 21.8. The number of carbonyl (C=O) groups is 1. The number of sulfonamides is 1. The average Bonchev–Trinajstić information content (AvgIpc) is 3.47. The third-order valence-corrected chi connectivity index (χ3v) is 6.22. The first-order valence-electron chi connectivity index (χ1n) is 9.67. The molecule has 0 spiro atoms. The summed E-state index contributed by atoms with van der Waals surface area (Å²) in [5.41, 5.74) is 1.50. The second-order valence-electron chi connectivity index (χ2n) is 6.75. The van der Waals surface area contributed by atoms with Crippen LogP contribution in [-0.2, 0) is 10.0 Å². The van der Waals surface area contributed by atoms with Crippen LogP contribution in [0.4, 0.5) is 0 Å². The van der Waals surface area contributed by atoms with Crippen molar-refractivity contribution < 1.29 is 17.6 Å². The van der Waals surface area contributed by atoms with E-state index in [-0.39, 0.29) is 18.0 Å². The molecule has 8 nitrogen and oxygen atoms in total. The van der Waals surface area contributed by atoms with Gasteiger partial charge < -0.3 is 9.73 Å². The molecule has 4 rings (SSSR count). The van der Waals surface area contributed by atoms with Gasteiger partial charge in [-0.2, -0.15) is 5.10 Å². The third kappa shape index (κ3) is 4.91. The maximum Gasteiger partial charge on any atom is 0.270 e. The molecule has 0 aliphatic carbocycles. The Morgan fingerprint density at radius 3 is 2.53 bits per heavy atom. The maximum absolute atomic E-state index is 12.9. The predicted octanol–water partition coefficient (Wildman–Crippen LogP) is 3.49. The molecule has 2 aromatic carbocycles. The highest BCUT2D eigenvalue weighted by atomic mass is 35.5. The summed E-state index contributed by atoms with van der Waals surface area (Å²) in [5, 5.41) is 7.54. The number of nitrogens with zero attached hydrogens (tertiary/aromatic N) is 2. The largest absolute Gasteiger partial charge is 0.463 e. The van der Waals surface area contributed by atoms with Gasteiger partial charge in [-0.05, 0) is 42.5 Å².